The van der Waals surface area contributed by atoms with Gasteiger partial charge in [0.15, 0.2) is 0 Å². The molecule has 4 heteroatoms. The molecule has 0 bridgehead atoms. The highest BCUT2D eigenvalue weighted by molar-refractivity contribution is 5.87. The molecule has 80 valence electrons. The lowest BCUT2D eigenvalue weighted by Gasteiger charge is -2.11. The number of anilines is 1. The van der Waals surface area contributed by atoms with Crippen LogP contribution in [0.15, 0.2) is 18.2 Å². The Kier molecular flexibility index (Phi) is 2.36. The summed E-state index contributed by atoms with van der Waals surface area (Å²) >= 11 is 0. The van der Waals surface area contributed by atoms with Crippen molar-refractivity contribution in [3.63, 3.8) is 0 Å². The molecule has 0 aliphatic rings. The van der Waals surface area contributed by atoms with Gasteiger partial charge in [0.2, 0.25) is 0 Å². The van der Waals surface area contributed by atoms with Crippen LogP contribution >= 0.6 is 0 Å². The molecule has 0 unspecified atom stereocenters. The molecule has 2 rings (SSSR count). The van der Waals surface area contributed by atoms with E-state index < -0.39 is 0 Å². The Morgan fingerprint density at radius 3 is 2.73 bits per heavy atom. The average Bonchev–Trinajstić information content (AvgIpc) is 2.57. The minimum atomic E-state index is 0.343. The first kappa shape index (κ1) is 9.98. The molecule has 0 saturated heterocycles. The minimum Gasteiger partial charge on any atom is -0.397 e. The van der Waals surface area contributed by atoms with Gasteiger partial charge in [-0.25, -0.2) is 4.98 Å². The van der Waals surface area contributed by atoms with Crippen molar-refractivity contribution in [3.8, 4) is 0 Å². The van der Waals surface area contributed by atoms with Gasteiger partial charge in [0.25, 0.3) is 0 Å². The normalized spacial score (nSPS) is 11.5. The Morgan fingerprint density at radius 1 is 1.40 bits per heavy atom. The second-order valence-corrected chi connectivity index (χ2v) is 3.91. The highest BCUT2D eigenvalue weighted by atomic mass is 15.1. The number of benzene rings is 1. The van der Waals surface area contributed by atoms with Crippen LogP contribution in [0.2, 0.25) is 0 Å². The zero-order valence-electron chi connectivity index (χ0n) is 9.07. The SMILES string of the molecule is CC(C)n1c(CN)nc2c(N)cccc21. The van der Waals surface area contributed by atoms with E-state index in [1.54, 1.807) is 0 Å². The number of para-hydroxylation sites is 1. The van der Waals surface area contributed by atoms with Crippen LogP contribution in [0.25, 0.3) is 11.0 Å². The molecule has 0 spiro atoms. The molecule has 0 saturated carbocycles. The largest absolute Gasteiger partial charge is 0.397 e. The van der Waals surface area contributed by atoms with Gasteiger partial charge in [-0.2, -0.15) is 0 Å². The van der Waals surface area contributed by atoms with E-state index in [2.05, 4.69) is 23.4 Å². The van der Waals surface area contributed by atoms with Crippen LogP contribution in [0.3, 0.4) is 0 Å². The summed E-state index contributed by atoms with van der Waals surface area (Å²) in [5.41, 5.74) is 14.2. The number of nitrogens with two attached hydrogens (primary N) is 2. The number of hydrogen-bond acceptors (Lipinski definition) is 3. The fraction of sp³-hybridized carbons (Fsp3) is 0.364. The van der Waals surface area contributed by atoms with Crippen molar-refractivity contribution in [2.75, 3.05) is 5.73 Å². The van der Waals surface area contributed by atoms with E-state index in [-0.39, 0.29) is 0 Å². The number of aromatic nitrogens is 2. The van der Waals surface area contributed by atoms with E-state index in [1.807, 2.05) is 18.2 Å². The highest BCUT2D eigenvalue weighted by Gasteiger charge is 2.12. The summed E-state index contributed by atoms with van der Waals surface area (Å²) in [6, 6.07) is 6.17. The number of fused-ring (bicyclic) bond motifs is 1. The molecule has 1 heterocycles. The number of nitrogens with zero attached hydrogens (tertiary/aromatic N) is 2. The van der Waals surface area contributed by atoms with Crippen molar-refractivity contribution in [1.29, 1.82) is 0 Å². The highest BCUT2D eigenvalue weighted by Crippen LogP contribution is 2.24. The summed E-state index contributed by atoms with van der Waals surface area (Å²) in [7, 11) is 0. The molecule has 0 amide bonds. The third-order valence-electron chi connectivity index (χ3n) is 2.52. The summed E-state index contributed by atoms with van der Waals surface area (Å²) < 4.78 is 2.13. The molecule has 2 aromatic rings. The predicted octanol–water partition coefficient (Wildman–Crippen LogP) is 1.66. The molecular weight excluding hydrogens is 188 g/mol. The second kappa shape index (κ2) is 3.55. The zero-order valence-corrected chi connectivity index (χ0v) is 9.07. The summed E-state index contributed by atoms with van der Waals surface area (Å²) in [4.78, 5) is 4.46. The van der Waals surface area contributed by atoms with E-state index in [9.17, 15) is 0 Å². The third kappa shape index (κ3) is 1.47. The Labute approximate surface area is 88.9 Å². The maximum absolute atomic E-state index is 5.88. The molecule has 1 aromatic carbocycles. The first-order valence-corrected chi connectivity index (χ1v) is 5.10. The van der Waals surface area contributed by atoms with Gasteiger partial charge in [-0.15, -0.1) is 0 Å². The molecule has 4 N–H and O–H groups in total. The Hall–Kier alpha value is -1.55. The van der Waals surface area contributed by atoms with Crippen molar-refractivity contribution in [1.82, 2.24) is 9.55 Å². The summed E-state index contributed by atoms with van der Waals surface area (Å²) in [6.07, 6.45) is 0. The first-order chi connectivity index (χ1) is 7.15. The Balaban J connectivity index is 2.80. The van der Waals surface area contributed by atoms with Crippen molar-refractivity contribution >= 4 is 16.7 Å². The molecule has 0 radical (unpaired) electrons. The minimum absolute atomic E-state index is 0.343. The molecule has 15 heavy (non-hydrogen) atoms. The molecular formula is C11H16N4. The lowest BCUT2D eigenvalue weighted by Crippen LogP contribution is -2.10. The van der Waals surface area contributed by atoms with Gasteiger partial charge in [0.1, 0.15) is 11.3 Å². The summed E-state index contributed by atoms with van der Waals surface area (Å²) in [5, 5.41) is 0. The average molecular weight is 204 g/mol. The van der Waals surface area contributed by atoms with E-state index in [0.29, 0.717) is 18.3 Å². The second-order valence-electron chi connectivity index (χ2n) is 3.91. The number of nitrogen functional groups attached to an aromatic ring is 1. The van der Waals surface area contributed by atoms with Crippen molar-refractivity contribution < 1.29 is 0 Å². The van der Waals surface area contributed by atoms with Crippen LogP contribution in [-0.2, 0) is 6.54 Å². The van der Waals surface area contributed by atoms with Gasteiger partial charge in [-0.3, -0.25) is 0 Å². The quantitative estimate of drug-likeness (QED) is 0.731. The van der Waals surface area contributed by atoms with E-state index in [0.717, 1.165) is 16.9 Å². The summed E-state index contributed by atoms with van der Waals surface area (Å²) in [5.74, 6) is 0.887. The number of imidazole rings is 1. The van der Waals surface area contributed by atoms with Gasteiger partial charge in [0.05, 0.1) is 17.7 Å². The molecule has 0 aliphatic heterocycles. The lowest BCUT2D eigenvalue weighted by molar-refractivity contribution is 0.585. The molecule has 4 nitrogen and oxygen atoms in total. The van der Waals surface area contributed by atoms with E-state index >= 15 is 0 Å². The van der Waals surface area contributed by atoms with E-state index in [4.69, 9.17) is 11.5 Å². The van der Waals surface area contributed by atoms with Gasteiger partial charge in [-0.1, -0.05) is 6.07 Å². The number of hydrogen-bond donors (Lipinski definition) is 2. The van der Waals surface area contributed by atoms with Crippen LogP contribution in [0.5, 0.6) is 0 Å². The molecule has 1 aromatic heterocycles. The van der Waals surface area contributed by atoms with Crippen LogP contribution in [-0.4, -0.2) is 9.55 Å². The zero-order chi connectivity index (χ0) is 11.0. The van der Waals surface area contributed by atoms with Gasteiger partial charge in [0, 0.05) is 6.04 Å². The van der Waals surface area contributed by atoms with Crippen LogP contribution in [0.1, 0.15) is 25.7 Å². The lowest BCUT2D eigenvalue weighted by atomic mass is 10.2. The molecule has 0 aliphatic carbocycles. The monoisotopic (exact) mass is 204 g/mol. The van der Waals surface area contributed by atoms with Crippen molar-refractivity contribution in [2.45, 2.75) is 26.4 Å². The number of rotatable bonds is 2. The van der Waals surface area contributed by atoms with Gasteiger partial charge >= 0.3 is 0 Å². The predicted molar refractivity (Wildman–Crippen MR) is 62.4 cm³/mol. The maximum atomic E-state index is 5.88. The van der Waals surface area contributed by atoms with Crippen molar-refractivity contribution in [2.24, 2.45) is 5.73 Å². The molecule has 0 atom stereocenters. The topological polar surface area (TPSA) is 69.9 Å². The Bertz CT molecular complexity index is 485. The van der Waals surface area contributed by atoms with Crippen molar-refractivity contribution in [3.05, 3.63) is 24.0 Å². The maximum Gasteiger partial charge on any atom is 0.124 e. The fourth-order valence-electron chi connectivity index (χ4n) is 1.91. The first-order valence-electron chi connectivity index (χ1n) is 5.10. The van der Waals surface area contributed by atoms with E-state index in [1.165, 1.54) is 0 Å². The smallest absolute Gasteiger partial charge is 0.124 e. The van der Waals surface area contributed by atoms with Crippen LogP contribution in [0, 0.1) is 0 Å². The van der Waals surface area contributed by atoms with Crippen LogP contribution < -0.4 is 11.5 Å². The Morgan fingerprint density at radius 2 is 2.13 bits per heavy atom. The van der Waals surface area contributed by atoms with Crippen LogP contribution in [0.4, 0.5) is 5.69 Å². The summed E-state index contributed by atoms with van der Waals surface area (Å²) in [6.45, 7) is 4.67. The van der Waals surface area contributed by atoms with Gasteiger partial charge < -0.3 is 16.0 Å². The van der Waals surface area contributed by atoms with Gasteiger partial charge in [-0.05, 0) is 26.0 Å². The third-order valence-corrected chi connectivity index (χ3v) is 2.52. The fourth-order valence-corrected chi connectivity index (χ4v) is 1.91. The standard InChI is InChI=1S/C11H16N4/c1-7(2)15-9-5-3-4-8(13)11(9)14-10(15)6-12/h3-5,7H,6,12-13H2,1-2H3. The molecule has 0 fully saturated rings.